The standard InChI is InChI=1S/C14H21FN2O2/c1-4-14(5-2,6-3)17-12-8-10(15)9(13(18)19)7-11(12)16/h7-8,17H,4-6,16H2,1-3H3,(H,18,19). The van der Waals surface area contributed by atoms with Gasteiger partial charge in [0.15, 0.2) is 0 Å². The van der Waals surface area contributed by atoms with Crippen LogP contribution in [0.15, 0.2) is 12.1 Å². The molecule has 0 aliphatic heterocycles. The Labute approximate surface area is 112 Å². The molecule has 1 rings (SSSR count). The summed E-state index contributed by atoms with van der Waals surface area (Å²) >= 11 is 0. The molecule has 0 fully saturated rings. The van der Waals surface area contributed by atoms with Crippen molar-refractivity contribution in [3.8, 4) is 0 Å². The van der Waals surface area contributed by atoms with E-state index in [1.165, 1.54) is 0 Å². The van der Waals surface area contributed by atoms with Gasteiger partial charge in [-0.25, -0.2) is 9.18 Å². The summed E-state index contributed by atoms with van der Waals surface area (Å²) in [6, 6.07) is 2.32. The number of nitrogens with two attached hydrogens (primary N) is 1. The lowest BCUT2D eigenvalue weighted by atomic mass is 9.89. The Kier molecular flexibility index (Phi) is 4.75. The molecule has 0 radical (unpaired) electrons. The average molecular weight is 268 g/mol. The number of anilines is 2. The molecule has 0 aliphatic carbocycles. The van der Waals surface area contributed by atoms with Crippen molar-refractivity contribution in [1.29, 1.82) is 0 Å². The van der Waals surface area contributed by atoms with Crippen molar-refractivity contribution in [3.63, 3.8) is 0 Å². The van der Waals surface area contributed by atoms with Gasteiger partial charge in [0.2, 0.25) is 0 Å². The minimum absolute atomic E-state index is 0.148. The minimum atomic E-state index is -1.32. The highest BCUT2D eigenvalue weighted by molar-refractivity contribution is 5.90. The number of rotatable bonds is 6. The third-order valence-corrected chi connectivity index (χ3v) is 3.80. The van der Waals surface area contributed by atoms with Crippen LogP contribution in [0.1, 0.15) is 50.4 Å². The minimum Gasteiger partial charge on any atom is -0.478 e. The van der Waals surface area contributed by atoms with Crippen LogP contribution < -0.4 is 11.1 Å². The maximum atomic E-state index is 13.7. The number of carboxylic acids is 1. The van der Waals surface area contributed by atoms with Crippen molar-refractivity contribution >= 4 is 17.3 Å². The van der Waals surface area contributed by atoms with Crippen molar-refractivity contribution in [2.24, 2.45) is 0 Å². The van der Waals surface area contributed by atoms with Gasteiger partial charge in [0.05, 0.1) is 16.9 Å². The SMILES string of the molecule is CCC(CC)(CC)Nc1cc(F)c(C(=O)O)cc1N. The van der Waals surface area contributed by atoms with E-state index in [1.54, 1.807) is 0 Å². The fourth-order valence-corrected chi connectivity index (χ4v) is 2.16. The molecule has 1 aromatic carbocycles. The topological polar surface area (TPSA) is 75.3 Å². The average Bonchev–Trinajstić information content (AvgIpc) is 2.39. The van der Waals surface area contributed by atoms with Crippen LogP contribution >= 0.6 is 0 Å². The van der Waals surface area contributed by atoms with Gasteiger partial charge < -0.3 is 16.2 Å². The van der Waals surface area contributed by atoms with Gasteiger partial charge in [0.1, 0.15) is 5.82 Å². The second-order valence-corrected chi connectivity index (χ2v) is 4.69. The Bertz CT molecular complexity index is 462. The highest BCUT2D eigenvalue weighted by Gasteiger charge is 2.25. The van der Waals surface area contributed by atoms with E-state index < -0.39 is 17.3 Å². The number of carbonyl (C=O) groups is 1. The van der Waals surface area contributed by atoms with Crippen LogP contribution in [-0.4, -0.2) is 16.6 Å². The molecular weight excluding hydrogens is 247 g/mol. The molecule has 0 amide bonds. The molecule has 4 N–H and O–H groups in total. The molecule has 0 aliphatic rings. The van der Waals surface area contributed by atoms with Crippen LogP contribution in [-0.2, 0) is 0 Å². The van der Waals surface area contributed by atoms with Gasteiger partial charge in [-0.2, -0.15) is 0 Å². The van der Waals surface area contributed by atoms with Gasteiger partial charge >= 0.3 is 5.97 Å². The molecule has 106 valence electrons. The first kappa shape index (κ1) is 15.3. The second-order valence-electron chi connectivity index (χ2n) is 4.69. The first-order valence-electron chi connectivity index (χ1n) is 6.49. The van der Waals surface area contributed by atoms with Gasteiger partial charge in [-0.05, 0) is 31.4 Å². The van der Waals surface area contributed by atoms with Crippen LogP contribution in [0.2, 0.25) is 0 Å². The zero-order chi connectivity index (χ0) is 14.6. The highest BCUT2D eigenvalue weighted by atomic mass is 19.1. The molecule has 0 atom stereocenters. The number of halogens is 1. The van der Waals surface area contributed by atoms with Gasteiger partial charge in [0, 0.05) is 5.54 Å². The molecule has 0 bridgehead atoms. The van der Waals surface area contributed by atoms with E-state index in [4.69, 9.17) is 10.8 Å². The van der Waals surface area contributed by atoms with Crippen molar-refractivity contribution in [3.05, 3.63) is 23.5 Å². The number of nitrogen functional groups attached to an aromatic ring is 1. The molecule has 0 unspecified atom stereocenters. The molecule has 19 heavy (non-hydrogen) atoms. The zero-order valence-corrected chi connectivity index (χ0v) is 11.6. The zero-order valence-electron chi connectivity index (χ0n) is 11.6. The summed E-state index contributed by atoms with van der Waals surface area (Å²) in [5.74, 6) is -2.09. The largest absolute Gasteiger partial charge is 0.478 e. The fourth-order valence-electron chi connectivity index (χ4n) is 2.16. The van der Waals surface area contributed by atoms with Crippen molar-refractivity contribution in [2.45, 2.75) is 45.6 Å². The monoisotopic (exact) mass is 268 g/mol. The molecule has 0 spiro atoms. The van der Waals surface area contributed by atoms with Crippen LogP contribution in [0.4, 0.5) is 15.8 Å². The quantitative estimate of drug-likeness (QED) is 0.690. The Balaban J connectivity index is 3.16. The maximum Gasteiger partial charge on any atom is 0.338 e. The van der Waals surface area contributed by atoms with E-state index in [1.807, 2.05) is 0 Å². The summed E-state index contributed by atoms with van der Waals surface area (Å²) in [6.45, 7) is 6.16. The normalized spacial score (nSPS) is 11.4. The van der Waals surface area contributed by atoms with Crippen LogP contribution in [0, 0.1) is 5.82 Å². The Morgan fingerprint density at radius 3 is 2.26 bits per heavy atom. The molecule has 0 saturated heterocycles. The predicted octanol–water partition coefficient (Wildman–Crippen LogP) is 3.49. The Morgan fingerprint density at radius 2 is 1.84 bits per heavy atom. The first-order valence-corrected chi connectivity index (χ1v) is 6.49. The van der Waals surface area contributed by atoms with E-state index in [2.05, 4.69) is 26.1 Å². The van der Waals surface area contributed by atoms with Gasteiger partial charge in [-0.3, -0.25) is 0 Å². The van der Waals surface area contributed by atoms with Crippen molar-refractivity contribution < 1.29 is 14.3 Å². The molecule has 0 saturated carbocycles. The van der Waals surface area contributed by atoms with E-state index in [-0.39, 0.29) is 11.2 Å². The lowest BCUT2D eigenvalue weighted by Crippen LogP contribution is -2.36. The van der Waals surface area contributed by atoms with Gasteiger partial charge in [0.25, 0.3) is 0 Å². The summed E-state index contributed by atoms with van der Waals surface area (Å²) in [7, 11) is 0. The third-order valence-electron chi connectivity index (χ3n) is 3.80. The maximum absolute atomic E-state index is 13.7. The summed E-state index contributed by atoms with van der Waals surface area (Å²) in [6.07, 6.45) is 2.63. The van der Waals surface area contributed by atoms with Crippen molar-refractivity contribution in [1.82, 2.24) is 0 Å². The van der Waals surface area contributed by atoms with E-state index in [0.29, 0.717) is 5.69 Å². The summed E-state index contributed by atoms with van der Waals surface area (Å²) in [5, 5.41) is 12.1. The summed E-state index contributed by atoms with van der Waals surface area (Å²) in [5.41, 5.74) is 5.96. The second kappa shape index (κ2) is 5.91. The van der Waals surface area contributed by atoms with Crippen LogP contribution in [0.25, 0.3) is 0 Å². The Morgan fingerprint density at radius 1 is 1.32 bits per heavy atom. The van der Waals surface area contributed by atoms with E-state index >= 15 is 0 Å². The molecule has 0 heterocycles. The highest BCUT2D eigenvalue weighted by Crippen LogP contribution is 2.30. The number of aromatic carboxylic acids is 1. The number of hydrogen-bond donors (Lipinski definition) is 3. The molecule has 0 aromatic heterocycles. The molecule has 1 aromatic rings. The predicted molar refractivity (Wildman–Crippen MR) is 75.0 cm³/mol. The number of benzene rings is 1. The third kappa shape index (κ3) is 3.16. The lowest BCUT2D eigenvalue weighted by molar-refractivity contribution is 0.0692. The summed E-state index contributed by atoms with van der Waals surface area (Å²) in [4.78, 5) is 10.8. The number of nitrogens with one attached hydrogen (secondary N) is 1. The molecular formula is C14H21FN2O2. The van der Waals surface area contributed by atoms with Gasteiger partial charge in [-0.1, -0.05) is 20.8 Å². The fraction of sp³-hybridized carbons (Fsp3) is 0.500. The van der Waals surface area contributed by atoms with Crippen LogP contribution in [0.3, 0.4) is 0 Å². The molecule has 5 heteroatoms. The van der Waals surface area contributed by atoms with E-state index in [0.717, 1.165) is 31.4 Å². The lowest BCUT2D eigenvalue weighted by Gasteiger charge is -2.33. The van der Waals surface area contributed by atoms with Crippen LogP contribution in [0.5, 0.6) is 0 Å². The smallest absolute Gasteiger partial charge is 0.338 e. The Hall–Kier alpha value is -1.78. The van der Waals surface area contributed by atoms with E-state index in [9.17, 15) is 9.18 Å². The van der Waals surface area contributed by atoms with Crippen molar-refractivity contribution in [2.75, 3.05) is 11.1 Å². The molecule has 4 nitrogen and oxygen atoms in total. The van der Waals surface area contributed by atoms with Gasteiger partial charge in [-0.15, -0.1) is 0 Å². The first-order chi connectivity index (χ1) is 8.89. The summed E-state index contributed by atoms with van der Waals surface area (Å²) < 4.78 is 13.7. The number of carboxylic acid groups (broad SMARTS) is 1. The number of hydrogen-bond acceptors (Lipinski definition) is 3.